The summed E-state index contributed by atoms with van der Waals surface area (Å²) in [5.74, 6) is 0.149. The van der Waals surface area contributed by atoms with E-state index in [0.717, 1.165) is 42.9 Å². The van der Waals surface area contributed by atoms with Crippen LogP contribution in [0.2, 0.25) is 0 Å². The minimum atomic E-state index is 0.149. The van der Waals surface area contributed by atoms with E-state index < -0.39 is 0 Å². The van der Waals surface area contributed by atoms with Crippen LogP contribution in [0.4, 0.5) is 0 Å². The maximum absolute atomic E-state index is 12.6. The Morgan fingerprint density at radius 3 is 2.63 bits per heavy atom. The predicted molar refractivity (Wildman–Crippen MR) is 80.9 cm³/mol. The van der Waals surface area contributed by atoms with E-state index >= 15 is 0 Å². The minimum absolute atomic E-state index is 0.149. The highest BCUT2D eigenvalue weighted by Crippen LogP contribution is 2.17. The zero-order chi connectivity index (χ0) is 13.8. The third kappa shape index (κ3) is 3.51. The lowest BCUT2D eigenvalue weighted by Gasteiger charge is -2.30. The fourth-order valence-electron chi connectivity index (χ4n) is 2.63. The predicted octanol–water partition coefficient (Wildman–Crippen LogP) is 2.53. The lowest BCUT2D eigenvalue weighted by Crippen LogP contribution is -2.43. The molecule has 0 saturated carbocycles. The summed E-state index contributed by atoms with van der Waals surface area (Å²) in [7, 11) is 2.13. The standard InChI is InChI=1S/C15H22N2OS/c1-3-13-11-16(2)9-4-10-17(13)15(18)12-5-7-14(19)8-6-12/h5-8,13,19H,3-4,9-11H2,1-2H3. The van der Waals surface area contributed by atoms with Crippen LogP contribution in [-0.4, -0.2) is 48.4 Å². The minimum Gasteiger partial charge on any atom is -0.334 e. The van der Waals surface area contributed by atoms with Crippen molar-refractivity contribution < 1.29 is 4.79 Å². The van der Waals surface area contributed by atoms with Crippen molar-refractivity contribution in [3.05, 3.63) is 29.8 Å². The number of carbonyl (C=O) groups is 1. The molecule has 104 valence electrons. The topological polar surface area (TPSA) is 23.6 Å². The summed E-state index contributed by atoms with van der Waals surface area (Å²) in [6, 6.07) is 7.80. The van der Waals surface area contributed by atoms with Crippen LogP contribution >= 0.6 is 12.6 Å². The number of amides is 1. The lowest BCUT2D eigenvalue weighted by molar-refractivity contribution is 0.0675. The Bertz CT molecular complexity index is 432. The number of hydrogen-bond acceptors (Lipinski definition) is 3. The SMILES string of the molecule is CCC1CN(C)CCCN1C(=O)c1ccc(S)cc1. The molecule has 2 rings (SSSR count). The van der Waals surface area contributed by atoms with Crippen LogP contribution in [-0.2, 0) is 0 Å². The van der Waals surface area contributed by atoms with Gasteiger partial charge in [-0.05, 0) is 50.7 Å². The van der Waals surface area contributed by atoms with E-state index in [9.17, 15) is 4.79 Å². The molecule has 0 bridgehead atoms. The van der Waals surface area contributed by atoms with Crippen molar-refractivity contribution in [1.82, 2.24) is 9.80 Å². The molecular weight excluding hydrogens is 256 g/mol. The molecule has 4 heteroatoms. The number of carbonyl (C=O) groups excluding carboxylic acids is 1. The van der Waals surface area contributed by atoms with Gasteiger partial charge >= 0.3 is 0 Å². The molecule has 0 aromatic heterocycles. The van der Waals surface area contributed by atoms with E-state index in [2.05, 4.69) is 31.5 Å². The maximum Gasteiger partial charge on any atom is 0.254 e. The van der Waals surface area contributed by atoms with Crippen molar-refractivity contribution in [3.63, 3.8) is 0 Å². The van der Waals surface area contributed by atoms with E-state index in [1.54, 1.807) is 0 Å². The molecule has 1 atom stereocenters. The molecule has 1 unspecified atom stereocenters. The monoisotopic (exact) mass is 278 g/mol. The molecule has 1 saturated heterocycles. The Hall–Kier alpha value is -1.00. The van der Waals surface area contributed by atoms with Gasteiger partial charge in [0.15, 0.2) is 0 Å². The molecule has 19 heavy (non-hydrogen) atoms. The summed E-state index contributed by atoms with van der Waals surface area (Å²) in [6.45, 7) is 5.04. The Balaban J connectivity index is 2.17. The van der Waals surface area contributed by atoms with Gasteiger partial charge in [-0.25, -0.2) is 0 Å². The van der Waals surface area contributed by atoms with Gasteiger partial charge < -0.3 is 9.80 Å². The normalized spacial score (nSPS) is 21.2. The van der Waals surface area contributed by atoms with Gasteiger partial charge in [0.1, 0.15) is 0 Å². The Kier molecular flexibility index (Phi) is 4.88. The highest BCUT2D eigenvalue weighted by Gasteiger charge is 2.26. The fourth-order valence-corrected chi connectivity index (χ4v) is 2.78. The molecule has 1 heterocycles. The van der Waals surface area contributed by atoms with Crippen molar-refractivity contribution in [2.75, 3.05) is 26.7 Å². The maximum atomic E-state index is 12.6. The summed E-state index contributed by atoms with van der Waals surface area (Å²) >= 11 is 4.26. The van der Waals surface area contributed by atoms with E-state index in [1.807, 2.05) is 29.2 Å². The zero-order valence-corrected chi connectivity index (χ0v) is 12.6. The third-order valence-electron chi connectivity index (χ3n) is 3.75. The van der Waals surface area contributed by atoms with Crippen LogP contribution in [0.3, 0.4) is 0 Å². The second kappa shape index (κ2) is 6.44. The van der Waals surface area contributed by atoms with Gasteiger partial charge in [0, 0.05) is 29.6 Å². The van der Waals surface area contributed by atoms with Crippen molar-refractivity contribution in [1.29, 1.82) is 0 Å². The molecule has 1 aliphatic heterocycles. The van der Waals surface area contributed by atoms with Gasteiger partial charge in [-0.2, -0.15) is 0 Å². The van der Waals surface area contributed by atoms with Crippen LogP contribution < -0.4 is 0 Å². The molecule has 1 fully saturated rings. The Labute approximate surface area is 121 Å². The Morgan fingerprint density at radius 1 is 1.32 bits per heavy atom. The number of hydrogen-bond donors (Lipinski definition) is 1. The van der Waals surface area contributed by atoms with Crippen molar-refractivity contribution in [2.24, 2.45) is 0 Å². The molecule has 0 radical (unpaired) electrons. The van der Waals surface area contributed by atoms with Crippen molar-refractivity contribution in [2.45, 2.75) is 30.7 Å². The first-order valence-corrected chi connectivity index (χ1v) is 7.35. The number of benzene rings is 1. The summed E-state index contributed by atoms with van der Waals surface area (Å²) < 4.78 is 0. The largest absolute Gasteiger partial charge is 0.334 e. The van der Waals surface area contributed by atoms with E-state index in [-0.39, 0.29) is 5.91 Å². The van der Waals surface area contributed by atoms with Gasteiger partial charge in [-0.1, -0.05) is 6.92 Å². The number of thiol groups is 1. The van der Waals surface area contributed by atoms with Crippen molar-refractivity contribution in [3.8, 4) is 0 Å². The molecule has 0 N–H and O–H groups in total. The van der Waals surface area contributed by atoms with Gasteiger partial charge in [-0.15, -0.1) is 12.6 Å². The molecule has 1 aromatic carbocycles. The third-order valence-corrected chi connectivity index (χ3v) is 4.05. The molecular formula is C15H22N2OS. The van der Waals surface area contributed by atoms with E-state index in [1.165, 1.54) is 0 Å². The summed E-state index contributed by atoms with van der Waals surface area (Å²) in [5, 5.41) is 0. The summed E-state index contributed by atoms with van der Waals surface area (Å²) in [6.07, 6.45) is 2.05. The molecule has 0 spiro atoms. The van der Waals surface area contributed by atoms with Crippen LogP contribution in [0.25, 0.3) is 0 Å². The lowest BCUT2D eigenvalue weighted by atomic mass is 10.1. The molecule has 3 nitrogen and oxygen atoms in total. The van der Waals surface area contributed by atoms with E-state index in [0.29, 0.717) is 6.04 Å². The number of rotatable bonds is 2. The second-order valence-corrected chi connectivity index (χ2v) is 5.74. The smallest absolute Gasteiger partial charge is 0.254 e. The van der Waals surface area contributed by atoms with Gasteiger partial charge in [0.2, 0.25) is 0 Å². The zero-order valence-electron chi connectivity index (χ0n) is 11.7. The highest BCUT2D eigenvalue weighted by atomic mass is 32.1. The quantitative estimate of drug-likeness (QED) is 0.840. The van der Waals surface area contributed by atoms with Gasteiger partial charge in [0.05, 0.1) is 0 Å². The van der Waals surface area contributed by atoms with Crippen LogP contribution in [0.5, 0.6) is 0 Å². The number of nitrogens with zero attached hydrogens (tertiary/aromatic N) is 2. The first-order valence-electron chi connectivity index (χ1n) is 6.90. The average Bonchev–Trinajstić information content (AvgIpc) is 2.60. The van der Waals surface area contributed by atoms with Gasteiger partial charge in [0.25, 0.3) is 5.91 Å². The Morgan fingerprint density at radius 2 is 2.00 bits per heavy atom. The summed E-state index contributed by atoms with van der Waals surface area (Å²) in [5.41, 5.74) is 0.765. The van der Waals surface area contributed by atoms with Crippen LogP contribution in [0, 0.1) is 0 Å². The van der Waals surface area contributed by atoms with Crippen molar-refractivity contribution >= 4 is 18.5 Å². The first-order chi connectivity index (χ1) is 9.11. The summed E-state index contributed by atoms with van der Waals surface area (Å²) in [4.78, 5) is 17.9. The van der Waals surface area contributed by atoms with E-state index in [4.69, 9.17) is 0 Å². The first kappa shape index (κ1) is 14.4. The van der Waals surface area contributed by atoms with Crippen LogP contribution in [0.15, 0.2) is 29.2 Å². The molecule has 1 aliphatic rings. The van der Waals surface area contributed by atoms with Gasteiger partial charge in [-0.3, -0.25) is 4.79 Å². The second-order valence-electron chi connectivity index (χ2n) is 5.22. The molecule has 1 aromatic rings. The highest BCUT2D eigenvalue weighted by molar-refractivity contribution is 7.80. The fraction of sp³-hybridized carbons (Fsp3) is 0.533. The molecule has 1 amide bonds. The molecule has 0 aliphatic carbocycles. The average molecular weight is 278 g/mol. The van der Waals surface area contributed by atoms with Crippen LogP contribution in [0.1, 0.15) is 30.1 Å². The number of likely N-dealkylation sites (N-methyl/N-ethyl adjacent to an activating group) is 1.